The first-order chi connectivity index (χ1) is 15.6. The second kappa shape index (κ2) is 8.74. The van der Waals surface area contributed by atoms with Gasteiger partial charge >= 0.3 is 6.18 Å². The predicted molar refractivity (Wildman–Crippen MR) is 119 cm³/mol. The molecule has 0 bridgehead atoms. The average Bonchev–Trinajstić information content (AvgIpc) is 3.03. The highest BCUT2D eigenvalue weighted by atomic mass is 35.5. The Bertz CT molecular complexity index is 1350. The summed E-state index contributed by atoms with van der Waals surface area (Å²) in [5.74, 6) is 1.33. The summed E-state index contributed by atoms with van der Waals surface area (Å²) in [4.78, 5) is 19.9. The second-order valence-electron chi connectivity index (χ2n) is 7.43. The largest absolute Gasteiger partial charge is 0.457 e. The number of aryl methyl sites for hydroxylation is 1. The molecule has 0 atom stereocenters. The standard InChI is InChI=1S/C23H18ClF3N4O2/c1-13(32)9-15-11-17(7-8-28-15)33-16-4-6-21-20(12-16)30-22(31(21)2)29-19-10-14(23(25,26)27)3-5-18(19)24/h3-8,10-12H,9H2,1-2H3,(H,29,30). The van der Waals surface area contributed by atoms with Crippen molar-refractivity contribution in [2.45, 2.75) is 19.5 Å². The molecule has 0 unspecified atom stereocenters. The number of pyridine rings is 1. The van der Waals surface area contributed by atoms with E-state index in [2.05, 4.69) is 15.3 Å². The molecule has 0 amide bonds. The normalized spacial score (nSPS) is 11.6. The summed E-state index contributed by atoms with van der Waals surface area (Å²) in [6.45, 7) is 1.49. The Hall–Kier alpha value is -3.59. The molecule has 0 aliphatic rings. The van der Waals surface area contributed by atoms with Gasteiger partial charge in [0.15, 0.2) is 0 Å². The summed E-state index contributed by atoms with van der Waals surface area (Å²) in [5.41, 5.74) is 1.18. The van der Waals surface area contributed by atoms with E-state index in [1.165, 1.54) is 13.0 Å². The second-order valence-corrected chi connectivity index (χ2v) is 7.83. The Balaban J connectivity index is 1.61. The molecule has 0 aliphatic carbocycles. The molecule has 33 heavy (non-hydrogen) atoms. The lowest BCUT2D eigenvalue weighted by atomic mass is 10.2. The van der Waals surface area contributed by atoms with Gasteiger partial charge < -0.3 is 14.6 Å². The van der Waals surface area contributed by atoms with Crippen molar-refractivity contribution >= 4 is 40.1 Å². The van der Waals surface area contributed by atoms with E-state index in [0.717, 1.165) is 17.6 Å². The summed E-state index contributed by atoms with van der Waals surface area (Å²) < 4.78 is 46.8. The Morgan fingerprint density at radius 3 is 2.61 bits per heavy atom. The van der Waals surface area contributed by atoms with Crippen LogP contribution in [0.1, 0.15) is 18.2 Å². The third kappa shape index (κ3) is 5.09. The van der Waals surface area contributed by atoms with Gasteiger partial charge in [-0.25, -0.2) is 4.98 Å². The average molecular weight is 475 g/mol. The van der Waals surface area contributed by atoms with Crippen LogP contribution < -0.4 is 10.1 Å². The van der Waals surface area contributed by atoms with Crippen LogP contribution in [0.5, 0.6) is 11.5 Å². The number of fused-ring (bicyclic) bond motifs is 1. The Kier molecular flexibility index (Phi) is 5.99. The maximum Gasteiger partial charge on any atom is 0.416 e. The zero-order chi connectivity index (χ0) is 23.8. The number of anilines is 2. The van der Waals surface area contributed by atoms with Crippen molar-refractivity contribution < 1.29 is 22.7 Å². The lowest BCUT2D eigenvalue weighted by Gasteiger charge is -2.12. The number of nitrogens with zero attached hydrogens (tertiary/aromatic N) is 3. The van der Waals surface area contributed by atoms with Gasteiger partial charge in [0.1, 0.15) is 17.3 Å². The van der Waals surface area contributed by atoms with Crippen molar-refractivity contribution in [2.75, 3.05) is 5.32 Å². The number of benzene rings is 2. The van der Waals surface area contributed by atoms with Gasteiger partial charge in [0.2, 0.25) is 5.95 Å². The number of alkyl halides is 3. The number of halogens is 4. The molecule has 4 aromatic rings. The van der Waals surface area contributed by atoms with E-state index in [9.17, 15) is 18.0 Å². The highest BCUT2D eigenvalue weighted by Crippen LogP contribution is 2.35. The fourth-order valence-electron chi connectivity index (χ4n) is 3.28. The summed E-state index contributed by atoms with van der Waals surface area (Å²) in [7, 11) is 1.73. The van der Waals surface area contributed by atoms with Gasteiger partial charge in [0, 0.05) is 31.8 Å². The number of hydrogen-bond donors (Lipinski definition) is 1. The number of carbonyl (C=O) groups excluding carboxylic acids is 1. The molecular weight excluding hydrogens is 457 g/mol. The van der Waals surface area contributed by atoms with Gasteiger partial charge in [0.25, 0.3) is 0 Å². The SMILES string of the molecule is CC(=O)Cc1cc(Oc2ccc3c(c2)nc(Nc2cc(C(F)(F)F)ccc2Cl)n3C)ccn1. The maximum atomic E-state index is 13.1. The first kappa shape index (κ1) is 22.6. The minimum absolute atomic E-state index is 0.00421. The fourth-order valence-corrected chi connectivity index (χ4v) is 3.44. The number of ketones is 1. The number of aromatic nitrogens is 3. The minimum atomic E-state index is -4.49. The molecule has 170 valence electrons. The van der Waals surface area contributed by atoms with E-state index >= 15 is 0 Å². The number of imidazole rings is 1. The molecule has 0 spiro atoms. The molecule has 4 rings (SSSR count). The lowest BCUT2D eigenvalue weighted by Crippen LogP contribution is -2.06. The molecule has 6 nitrogen and oxygen atoms in total. The number of nitrogens with one attached hydrogen (secondary N) is 1. The summed E-state index contributed by atoms with van der Waals surface area (Å²) in [6, 6.07) is 11.7. The summed E-state index contributed by atoms with van der Waals surface area (Å²) in [6.07, 6.45) is -2.71. The van der Waals surface area contributed by atoms with Crippen LogP contribution >= 0.6 is 11.6 Å². The number of Topliss-reactive ketones (excluding diaryl/α,β-unsaturated/α-hetero) is 1. The van der Waals surface area contributed by atoms with E-state index in [1.54, 1.807) is 48.1 Å². The van der Waals surface area contributed by atoms with Gasteiger partial charge in [-0.15, -0.1) is 0 Å². The molecule has 10 heteroatoms. The molecule has 0 fully saturated rings. The van der Waals surface area contributed by atoms with Gasteiger partial charge in [-0.3, -0.25) is 9.78 Å². The van der Waals surface area contributed by atoms with Crippen LogP contribution in [-0.4, -0.2) is 20.3 Å². The first-order valence-corrected chi connectivity index (χ1v) is 10.2. The van der Waals surface area contributed by atoms with Crippen LogP contribution in [-0.2, 0) is 24.4 Å². The molecule has 0 saturated heterocycles. The molecular formula is C23H18ClF3N4O2. The molecule has 2 aromatic heterocycles. The number of hydrogen-bond acceptors (Lipinski definition) is 5. The van der Waals surface area contributed by atoms with Gasteiger partial charge in [-0.05, 0) is 43.3 Å². The van der Waals surface area contributed by atoms with Crippen LogP contribution in [0.2, 0.25) is 5.02 Å². The Morgan fingerprint density at radius 2 is 1.88 bits per heavy atom. The topological polar surface area (TPSA) is 69.0 Å². The van der Waals surface area contributed by atoms with Crippen molar-refractivity contribution in [3.8, 4) is 11.5 Å². The van der Waals surface area contributed by atoms with E-state index < -0.39 is 11.7 Å². The monoisotopic (exact) mass is 474 g/mol. The third-order valence-corrected chi connectivity index (χ3v) is 5.18. The quantitative estimate of drug-likeness (QED) is 0.355. The van der Waals surface area contributed by atoms with E-state index in [0.29, 0.717) is 28.7 Å². The van der Waals surface area contributed by atoms with Crippen LogP contribution in [0.25, 0.3) is 11.0 Å². The van der Waals surface area contributed by atoms with Gasteiger partial charge in [-0.1, -0.05) is 11.6 Å². The third-order valence-electron chi connectivity index (χ3n) is 4.85. The molecule has 2 heterocycles. The Labute approximate surface area is 192 Å². The number of ether oxygens (including phenoxy) is 1. The molecule has 2 aromatic carbocycles. The van der Waals surface area contributed by atoms with Gasteiger partial charge in [-0.2, -0.15) is 13.2 Å². The minimum Gasteiger partial charge on any atom is -0.457 e. The van der Waals surface area contributed by atoms with Crippen molar-refractivity contribution in [1.29, 1.82) is 0 Å². The number of rotatable bonds is 6. The zero-order valence-corrected chi connectivity index (χ0v) is 18.3. The predicted octanol–water partition coefficient (Wildman–Crippen LogP) is 6.31. The van der Waals surface area contributed by atoms with Crippen LogP contribution in [0.15, 0.2) is 54.7 Å². The fraction of sp³-hybridized carbons (Fsp3) is 0.174. The zero-order valence-electron chi connectivity index (χ0n) is 17.6. The maximum absolute atomic E-state index is 13.1. The van der Waals surface area contributed by atoms with Crippen LogP contribution in [0, 0.1) is 0 Å². The van der Waals surface area contributed by atoms with Crippen molar-refractivity contribution in [3.63, 3.8) is 0 Å². The van der Waals surface area contributed by atoms with Crippen LogP contribution in [0.3, 0.4) is 0 Å². The molecule has 0 radical (unpaired) electrons. The van der Waals surface area contributed by atoms with Crippen molar-refractivity contribution in [2.24, 2.45) is 7.05 Å². The van der Waals surface area contributed by atoms with E-state index in [-0.39, 0.29) is 22.9 Å². The summed E-state index contributed by atoms with van der Waals surface area (Å²) in [5, 5.41) is 3.01. The van der Waals surface area contributed by atoms with Gasteiger partial charge in [0.05, 0.1) is 33.0 Å². The number of carbonyl (C=O) groups is 1. The highest BCUT2D eigenvalue weighted by Gasteiger charge is 2.31. The highest BCUT2D eigenvalue weighted by molar-refractivity contribution is 6.33. The lowest BCUT2D eigenvalue weighted by molar-refractivity contribution is -0.137. The smallest absolute Gasteiger partial charge is 0.416 e. The molecule has 0 aliphatic heterocycles. The van der Waals surface area contributed by atoms with E-state index in [4.69, 9.17) is 16.3 Å². The molecule has 0 saturated carbocycles. The Morgan fingerprint density at radius 1 is 1.12 bits per heavy atom. The molecule has 1 N–H and O–H groups in total. The first-order valence-electron chi connectivity index (χ1n) is 9.82. The van der Waals surface area contributed by atoms with E-state index in [1.807, 2.05) is 0 Å². The van der Waals surface area contributed by atoms with Crippen molar-refractivity contribution in [1.82, 2.24) is 14.5 Å². The van der Waals surface area contributed by atoms with Crippen molar-refractivity contribution in [3.05, 3.63) is 71.0 Å². The van der Waals surface area contributed by atoms with Crippen LogP contribution in [0.4, 0.5) is 24.8 Å². The summed E-state index contributed by atoms with van der Waals surface area (Å²) >= 11 is 6.09.